The molecule has 0 aromatic heterocycles. The van der Waals surface area contributed by atoms with E-state index in [1.165, 1.54) is 64.5 Å². The van der Waals surface area contributed by atoms with Crippen LogP contribution in [0, 0.1) is 5.92 Å². The second kappa shape index (κ2) is 9.81. The fraction of sp³-hybridized carbons (Fsp3) is 1.00. The van der Waals surface area contributed by atoms with E-state index in [9.17, 15) is 0 Å². The van der Waals surface area contributed by atoms with Crippen LogP contribution >= 0.6 is 0 Å². The lowest BCUT2D eigenvalue weighted by atomic mass is 9.90. The Balaban J connectivity index is 1.60. The Kier molecular flexibility index (Phi) is 8.05. The number of likely N-dealkylation sites (tertiary alicyclic amines) is 1. The summed E-state index contributed by atoms with van der Waals surface area (Å²) in [5.41, 5.74) is 0. The lowest BCUT2D eigenvalue weighted by Crippen LogP contribution is -2.50. The first-order chi connectivity index (χ1) is 10.3. The summed E-state index contributed by atoms with van der Waals surface area (Å²) in [4.78, 5) is 2.60. The standard InChI is InChI=1S/C18H35NO2/c1-3-5-7-8-16-10-12-19(13-11-16)17-14-20-18(21-15-17)9-6-4-2/h16-18H,3-15H2,1-2H3. The van der Waals surface area contributed by atoms with E-state index in [4.69, 9.17) is 9.47 Å². The third-order valence-electron chi connectivity index (χ3n) is 5.12. The molecule has 0 unspecified atom stereocenters. The molecule has 2 saturated heterocycles. The monoisotopic (exact) mass is 297 g/mol. The van der Waals surface area contributed by atoms with Gasteiger partial charge in [-0.1, -0.05) is 46.0 Å². The lowest BCUT2D eigenvalue weighted by molar-refractivity contribution is -0.209. The van der Waals surface area contributed by atoms with Gasteiger partial charge in [0.2, 0.25) is 0 Å². The average Bonchev–Trinajstić information content (AvgIpc) is 2.54. The van der Waals surface area contributed by atoms with Gasteiger partial charge in [-0.25, -0.2) is 0 Å². The minimum Gasteiger partial charge on any atom is -0.351 e. The Bertz CT molecular complexity index is 256. The van der Waals surface area contributed by atoms with Crippen LogP contribution in [0.3, 0.4) is 0 Å². The molecule has 0 radical (unpaired) electrons. The van der Waals surface area contributed by atoms with Crippen LogP contribution in [0.4, 0.5) is 0 Å². The highest BCUT2D eigenvalue weighted by molar-refractivity contribution is 4.80. The van der Waals surface area contributed by atoms with Gasteiger partial charge < -0.3 is 9.47 Å². The maximum Gasteiger partial charge on any atom is 0.157 e. The van der Waals surface area contributed by atoms with Gasteiger partial charge in [0, 0.05) is 0 Å². The Morgan fingerprint density at radius 2 is 1.52 bits per heavy atom. The largest absolute Gasteiger partial charge is 0.351 e. The molecule has 3 heteroatoms. The first-order valence-corrected chi connectivity index (χ1v) is 9.30. The minimum absolute atomic E-state index is 0.0628. The molecule has 2 heterocycles. The maximum absolute atomic E-state index is 5.89. The van der Waals surface area contributed by atoms with Gasteiger partial charge in [0.1, 0.15) is 0 Å². The van der Waals surface area contributed by atoms with E-state index in [0.717, 1.165) is 25.6 Å². The number of ether oxygens (including phenoxy) is 2. The van der Waals surface area contributed by atoms with Crippen molar-refractivity contribution in [2.45, 2.75) is 84.0 Å². The van der Waals surface area contributed by atoms with E-state index < -0.39 is 0 Å². The molecule has 124 valence electrons. The Morgan fingerprint density at radius 1 is 0.857 bits per heavy atom. The van der Waals surface area contributed by atoms with Crippen LogP contribution in [0.1, 0.15) is 71.6 Å². The number of rotatable bonds is 8. The second-order valence-corrected chi connectivity index (χ2v) is 6.87. The molecule has 2 rings (SSSR count). The SMILES string of the molecule is CCCCCC1CCN(C2COC(CCCC)OC2)CC1. The zero-order valence-corrected chi connectivity index (χ0v) is 14.2. The Hall–Kier alpha value is -0.120. The van der Waals surface area contributed by atoms with Crippen molar-refractivity contribution in [3.63, 3.8) is 0 Å². The van der Waals surface area contributed by atoms with Crippen molar-refractivity contribution >= 4 is 0 Å². The summed E-state index contributed by atoms with van der Waals surface area (Å²) in [6.45, 7) is 8.74. The third-order valence-corrected chi connectivity index (χ3v) is 5.12. The summed E-state index contributed by atoms with van der Waals surface area (Å²) < 4.78 is 11.8. The molecule has 0 aromatic rings. The van der Waals surface area contributed by atoms with Gasteiger partial charge >= 0.3 is 0 Å². The first kappa shape index (κ1) is 17.2. The highest BCUT2D eigenvalue weighted by Gasteiger charge is 2.29. The minimum atomic E-state index is 0.0628. The molecule has 2 fully saturated rings. The van der Waals surface area contributed by atoms with E-state index in [2.05, 4.69) is 18.7 Å². The molecule has 0 amide bonds. The van der Waals surface area contributed by atoms with Crippen molar-refractivity contribution in [1.29, 1.82) is 0 Å². The van der Waals surface area contributed by atoms with Crippen LogP contribution in [-0.4, -0.2) is 43.5 Å². The van der Waals surface area contributed by atoms with Gasteiger partial charge in [0.25, 0.3) is 0 Å². The van der Waals surface area contributed by atoms with Crippen LogP contribution in [0.25, 0.3) is 0 Å². The molecule has 3 nitrogen and oxygen atoms in total. The maximum atomic E-state index is 5.89. The molecule has 0 spiro atoms. The van der Waals surface area contributed by atoms with Crippen LogP contribution in [-0.2, 0) is 9.47 Å². The topological polar surface area (TPSA) is 21.7 Å². The van der Waals surface area contributed by atoms with Gasteiger partial charge in [-0.2, -0.15) is 0 Å². The van der Waals surface area contributed by atoms with E-state index in [1.54, 1.807) is 0 Å². The van der Waals surface area contributed by atoms with E-state index in [-0.39, 0.29) is 6.29 Å². The van der Waals surface area contributed by atoms with Crippen LogP contribution in [0.15, 0.2) is 0 Å². The molecule has 0 N–H and O–H groups in total. The van der Waals surface area contributed by atoms with Crippen LogP contribution in [0.2, 0.25) is 0 Å². The fourth-order valence-corrected chi connectivity index (χ4v) is 3.57. The van der Waals surface area contributed by atoms with Crippen molar-refractivity contribution in [3.8, 4) is 0 Å². The predicted octanol–water partition coefficient (Wildman–Crippen LogP) is 4.21. The van der Waals surface area contributed by atoms with Crippen molar-refractivity contribution in [2.24, 2.45) is 5.92 Å². The van der Waals surface area contributed by atoms with Crippen molar-refractivity contribution in [2.75, 3.05) is 26.3 Å². The van der Waals surface area contributed by atoms with Crippen LogP contribution < -0.4 is 0 Å². The highest BCUT2D eigenvalue weighted by atomic mass is 16.7. The number of hydrogen-bond acceptors (Lipinski definition) is 3. The quantitative estimate of drug-likeness (QED) is 0.626. The van der Waals surface area contributed by atoms with Gasteiger partial charge in [0.15, 0.2) is 6.29 Å². The van der Waals surface area contributed by atoms with Gasteiger partial charge in [-0.3, -0.25) is 4.90 Å². The molecule has 21 heavy (non-hydrogen) atoms. The number of hydrogen-bond donors (Lipinski definition) is 0. The number of nitrogens with zero attached hydrogens (tertiary/aromatic N) is 1. The third kappa shape index (κ3) is 5.88. The van der Waals surface area contributed by atoms with Crippen molar-refractivity contribution in [1.82, 2.24) is 4.90 Å². The van der Waals surface area contributed by atoms with Gasteiger partial charge in [-0.05, 0) is 44.7 Å². The molecular formula is C18H35NO2. The first-order valence-electron chi connectivity index (χ1n) is 9.30. The normalized spacial score (nSPS) is 28.9. The average molecular weight is 297 g/mol. The van der Waals surface area contributed by atoms with E-state index >= 15 is 0 Å². The van der Waals surface area contributed by atoms with Crippen molar-refractivity contribution < 1.29 is 9.47 Å². The van der Waals surface area contributed by atoms with Gasteiger partial charge in [0.05, 0.1) is 19.3 Å². The summed E-state index contributed by atoms with van der Waals surface area (Å²) in [5.74, 6) is 0.968. The van der Waals surface area contributed by atoms with E-state index in [0.29, 0.717) is 6.04 Å². The predicted molar refractivity (Wildman–Crippen MR) is 87.4 cm³/mol. The fourth-order valence-electron chi connectivity index (χ4n) is 3.57. The lowest BCUT2D eigenvalue weighted by Gasteiger charge is -2.40. The molecular weight excluding hydrogens is 262 g/mol. The zero-order valence-electron chi connectivity index (χ0n) is 14.2. The summed E-state index contributed by atoms with van der Waals surface area (Å²) in [7, 11) is 0. The van der Waals surface area contributed by atoms with Crippen molar-refractivity contribution in [3.05, 3.63) is 0 Å². The molecule has 2 aliphatic rings. The number of unbranched alkanes of at least 4 members (excludes halogenated alkanes) is 3. The van der Waals surface area contributed by atoms with E-state index in [1.807, 2.05) is 0 Å². The molecule has 0 aromatic carbocycles. The molecule has 0 atom stereocenters. The summed E-state index contributed by atoms with van der Waals surface area (Å²) in [5, 5.41) is 0. The summed E-state index contributed by atoms with van der Waals surface area (Å²) >= 11 is 0. The summed E-state index contributed by atoms with van der Waals surface area (Å²) in [6.07, 6.45) is 11.9. The zero-order chi connectivity index (χ0) is 14.9. The number of piperidine rings is 1. The highest BCUT2D eigenvalue weighted by Crippen LogP contribution is 2.25. The smallest absolute Gasteiger partial charge is 0.157 e. The van der Waals surface area contributed by atoms with Gasteiger partial charge in [-0.15, -0.1) is 0 Å². The summed E-state index contributed by atoms with van der Waals surface area (Å²) in [6, 6.07) is 0.500. The molecule has 2 aliphatic heterocycles. The Labute approximate surface area is 131 Å². The molecule has 0 aliphatic carbocycles. The Morgan fingerprint density at radius 3 is 2.14 bits per heavy atom. The molecule has 0 saturated carbocycles. The molecule has 0 bridgehead atoms. The second-order valence-electron chi connectivity index (χ2n) is 6.87. The van der Waals surface area contributed by atoms with Crippen LogP contribution in [0.5, 0.6) is 0 Å².